The molecule has 1 heterocycles. The molecule has 1 rings (SSSR count). The van der Waals surface area contributed by atoms with Crippen molar-refractivity contribution in [3.05, 3.63) is 24.4 Å². The molecule has 3 heteroatoms. The van der Waals surface area contributed by atoms with Crippen LogP contribution in [0.1, 0.15) is 32.6 Å². The second-order valence-electron chi connectivity index (χ2n) is 3.10. The van der Waals surface area contributed by atoms with Crippen LogP contribution in [0, 0.1) is 0 Å². The van der Waals surface area contributed by atoms with Crippen molar-refractivity contribution >= 4 is 5.97 Å². The van der Waals surface area contributed by atoms with E-state index in [-0.39, 0.29) is 5.97 Å². The number of hydrogen-bond donors (Lipinski definition) is 0. The van der Waals surface area contributed by atoms with Crippen molar-refractivity contribution in [2.75, 3.05) is 0 Å². The van der Waals surface area contributed by atoms with Crippen LogP contribution in [0.15, 0.2) is 24.4 Å². The largest absolute Gasteiger partial charge is 0.407 e. The van der Waals surface area contributed by atoms with Crippen LogP contribution in [0.3, 0.4) is 0 Å². The fourth-order valence-electron chi connectivity index (χ4n) is 1.09. The Morgan fingerprint density at radius 2 is 2.29 bits per heavy atom. The molecule has 1 aromatic heterocycles. The van der Waals surface area contributed by atoms with Gasteiger partial charge in [-0.05, 0) is 12.5 Å². The number of hydrogen-bond acceptors (Lipinski definition) is 3. The van der Waals surface area contributed by atoms with Crippen LogP contribution in [0.2, 0.25) is 0 Å². The van der Waals surface area contributed by atoms with E-state index in [9.17, 15) is 4.79 Å². The van der Waals surface area contributed by atoms with Crippen molar-refractivity contribution in [2.24, 2.45) is 0 Å². The topological polar surface area (TPSA) is 39.2 Å². The van der Waals surface area contributed by atoms with E-state index in [1.54, 1.807) is 24.4 Å². The van der Waals surface area contributed by atoms with Crippen molar-refractivity contribution in [3.63, 3.8) is 0 Å². The van der Waals surface area contributed by atoms with Gasteiger partial charge in [0.05, 0.1) is 0 Å². The first-order valence-corrected chi connectivity index (χ1v) is 4.94. The summed E-state index contributed by atoms with van der Waals surface area (Å²) in [5.74, 6) is 0.186. The molecule has 0 unspecified atom stereocenters. The summed E-state index contributed by atoms with van der Waals surface area (Å²) in [6.07, 6.45) is 5.15. The smallest absolute Gasteiger partial charge is 0.312 e. The molecule has 0 aliphatic carbocycles. The monoisotopic (exact) mass is 193 g/mol. The Hall–Kier alpha value is -1.38. The highest BCUT2D eigenvalue weighted by Crippen LogP contribution is 2.06. The van der Waals surface area contributed by atoms with Crippen LogP contribution in [0.5, 0.6) is 5.88 Å². The molecule has 1 aromatic rings. The zero-order chi connectivity index (χ0) is 10.2. The van der Waals surface area contributed by atoms with Crippen molar-refractivity contribution in [2.45, 2.75) is 32.6 Å². The number of esters is 1. The summed E-state index contributed by atoms with van der Waals surface area (Å²) < 4.78 is 5.01. The lowest BCUT2D eigenvalue weighted by molar-refractivity contribution is -0.134. The molecule has 3 nitrogen and oxygen atoms in total. The van der Waals surface area contributed by atoms with E-state index in [0.717, 1.165) is 19.3 Å². The molecule has 0 aromatic carbocycles. The zero-order valence-corrected chi connectivity index (χ0v) is 8.40. The maximum atomic E-state index is 11.2. The molecular formula is C11H15NO2. The molecule has 0 atom stereocenters. The maximum absolute atomic E-state index is 11.2. The fraction of sp³-hybridized carbons (Fsp3) is 0.455. The van der Waals surface area contributed by atoms with Gasteiger partial charge < -0.3 is 4.74 Å². The van der Waals surface area contributed by atoms with E-state index >= 15 is 0 Å². The first-order chi connectivity index (χ1) is 6.83. The van der Waals surface area contributed by atoms with Gasteiger partial charge in [0, 0.05) is 18.7 Å². The molecule has 0 radical (unpaired) electrons. The van der Waals surface area contributed by atoms with Crippen LogP contribution in [-0.4, -0.2) is 11.0 Å². The summed E-state index contributed by atoms with van der Waals surface area (Å²) in [6, 6.07) is 5.26. The highest BCUT2D eigenvalue weighted by atomic mass is 16.5. The van der Waals surface area contributed by atoms with Gasteiger partial charge in [0.25, 0.3) is 0 Å². The van der Waals surface area contributed by atoms with Crippen molar-refractivity contribution in [1.29, 1.82) is 0 Å². The van der Waals surface area contributed by atoms with Gasteiger partial charge in [0.1, 0.15) is 0 Å². The first-order valence-electron chi connectivity index (χ1n) is 4.94. The highest BCUT2D eigenvalue weighted by Gasteiger charge is 2.03. The lowest BCUT2D eigenvalue weighted by Gasteiger charge is -2.01. The van der Waals surface area contributed by atoms with E-state index in [1.165, 1.54) is 0 Å². The first kappa shape index (κ1) is 10.7. The van der Waals surface area contributed by atoms with E-state index in [0.29, 0.717) is 12.3 Å². The zero-order valence-electron chi connectivity index (χ0n) is 8.40. The average molecular weight is 193 g/mol. The molecule has 0 saturated carbocycles. The Morgan fingerprint density at radius 3 is 2.93 bits per heavy atom. The average Bonchev–Trinajstić information content (AvgIpc) is 2.20. The van der Waals surface area contributed by atoms with Gasteiger partial charge in [-0.15, -0.1) is 0 Å². The van der Waals surface area contributed by atoms with E-state index in [2.05, 4.69) is 11.9 Å². The lowest BCUT2D eigenvalue weighted by atomic mass is 10.2. The molecule has 0 fully saturated rings. The third kappa shape index (κ3) is 4.03. The Morgan fingerprint density at radius 1 is 1.43 bits per heavy atom. The Balaban J connectivity index is 2.27. The minimum atomic E-state index is -0.197. The van der Waals surface area contributed by atoms with Gasteiger partial charge in [-0.3, -0.25) is 4.79 Å². The van der Waals surface area contributed by atoms with Crippen LogP contribution in [0.4, 0.5) is 0 Å². The van der Waals surface area contributed by atoms with Crippen molar-refractivity contribution in [3.8, 4) is 5.88 Å². The number of unbranched alkanes of at least 4 members (excludes halogenated alkanes) is 2. The van der Waals surface area contributed by atoms with Gasteiger partial charge in [-0.2, -0.15) is 0 Å². The van der Waals surface area contributed by atoms with Gasteiger partial charge in [-0.1, -0.05) is 25.8 Å². The van der Waals surface area contributed by atoms with E-state index < -0.39 is 0 Å². The Bertz CT molecular complexity index is 272. The third-order valence-electron chi connectivity index (χ3n) is 1.84. The SMILES string of the molecule is CCCCCC(=O)Oc1ccccn1. The van der Waals surface area contributed by atoms with E-state index in [4.69, 9.17) is 4.74 Å². The number of ether oxygens (including phenoxy) is 1. The summed E-state index contributed by atoms with van der Waals surface area (Å²) in [5, 5.41) is 0. The number of carbonyl (C=O) groups excluding carboxylic acids is 1. The Kier molecular flexibility index (Phi) is 4.69. The van der Waals surface area contributed by atoms with Gasteiger partial charge in [0.15, 0.2) is 0 Å². The molecule has 0 bridgehead atoms. The predicted octanol–water partition coefficient (Wildman–Crippen LogP) is 2.57. The third-order valence-corrected chi connectivity index (χ3v) is 1.84. The number of nitrogens with zero attached hydrogens (tertiary/aromatic N) is 1. The predicted molar refractivity (Wildman–Crippen MR) is 54.0 cm³/mol. The minimum absolute atomic E-state index is 0.197. The molecule has 0 amide bonds. The van der Waals surface area contributed by atoms with Gasteiger partial charge in [0.2, 0.25) is 5.88 Å². The Labute approximate surface area is 84.1 Å². The molecule has 0 spiro atoms. The second kappa shape index (κ2) is 6.13. The van der Waals surface area contributed by atoms with Crippen molar-refractivity contribution in [1.82, 2.24) is 4.98 Å². The number of pyridine rings is 1. The van der Waals surface area contributed by atoms with Crippen LogP contribution >= 0.6 is 0 Å². The lowest BCUT2D eigenvalue weighted by Crippen LogP contribution is -2.08. The van der Waals surface area contributed by atoms with Crippen LogP contribution in [0.25, 0.3) is 0 Å². The van der Waals surface area contributed by atoms with E-state index in [1.807, 2.05) is 0 Å². The second-order valence-corrected chi connectivity index (χ2v) is 3.10. The molecule has 0 aliphatic rings. The number of aromatic nitrogens is 1. The van der Waals surface area contributed by atoms with Crippen molar-refractivity contribution < 1.29 is 9.53 Å². The summed E-state index contributed by atoms with van der Waals surface area (Å²) in [5.41, 5.74) is 0. The van der Waals surface area contributed by atoms with Crippen LogP contribution in [-0.2, 0) is 4.79 Å². The van der Waals surface area contributed by atoms with Gasteiger partial charge >= 0.3 is 5.97 Å². The summed E-state index contributed by atoms with van der Waals surface area (Å²) >= 11 is 0. The summed E-state index contributed by atoms with van der Waals surface area (Å²) in [4.78, 5) is 15.1. The molecule has 0 N–H and O–H groups in total. The van der Waals surface area contributed by atoms with Crippen LogP contribution < -0.4 is 4.74 Å². The molecule has 0 saturated heterocycles. The van der Waals surface area contributed by atoms with Gasteiger partial charge in [-0.25, -0.2) is 4.98 Å². The molecular weight excluding hydrogens is 178 g/mol. The minimum Gasteiger partial charge on any atom is -0.407 e. The summed E-state index contributed by atoms with van der Waals surface area (Å²) in [7, 11) is 0. The standard InChI is InChI=1S/C11H15NO2/c1-2-3-4-8-11(13)14-10-7-5-6-9-12-10/h5-7,9H,2-4,8H2,1H3. The quantitative estimate of drug-likeness (QED) is 0.533. The molecule has 0 aliphatic heterocycles. The highest BCUT2D eigenvalue weighted by molar-refractivity contribution is 5.71. The maximum Gasteiger partial charge on any atom is 0.312 e. The fourth-order valence-corrected chi connectivity index (χ4v) is 1.09. The number of carbonyl (C=O) groups is 1. The molecule has 76 valence electrons. The number of rotatable bonds is 5. The summed E-state index contributed by atoms with van der Waals surface area (Å²) in [6.45, 7) is 2.10. The normalized spacial score (nSPS) is 9.79. The molecule has 14 heavy (non-hydrogen) atoms.